The van der Waals surface area contributed by atoms with Crippen molar-refractivity contribution in [3.8, 4) is 5.75 Å². The zero-order chi connectivity index (χ0) is 32.4. The highest BCUT2D eigenvalue weighted by atomic mass is 31.2. The number of carbonyl (C=O) groups excluding carboxylic acids is 1. The van der Waals surface area contributed by atoms with Crippen LogP contribution in [0.3, 0.4) is 0 Å². The molecule has 3 heterocycles. The predicted molar refractivity (Wildman–Crippen MR) is 159 cm³/mol. The van der Waals surface area contributed by atoms with Gasteiger partial charge in [0.25, 0.3) is 5.85 Å². The number of nitrogens with zero attached hydrogens (tertiary/aromatic N) is 4. The normalized spacial score (nSPS) is 33.5. The summed E-state index contributed by atoms with van der Waals surface area (Å²) in [6, 6.07) is 5.85. The lowest BCUT2D eigenvalue weighted by Gasteiger charge is -2.35. The number of carbonyl (C=O) groups is 1. The van der Waals surface area contributed by atoms with Gasteiger partial charge in [-0.3, -0.25) is 14.3 Å². The predicted octanol–water partition coefficient (Wildman–Crippen LogP) is 2.96. The van der Waals surface area contributed by atoms with Gasteiger partial charge in [-0.25, -0.2) is 18.3 Å². The van der Waals surface area contributed by atoms with Gasteiger partial charge >= 0.3 is 13.7 Å². The largest absolute Gasteiger partial charge is 0.479 e. The van der Waals surface area contributed by atoms with Crippen LogP contribution in [0.15, 0.2) is 45.3 Å². The second-order valence-electron chi connectivity index (χ2n) is 11.5. The summed E-state index contributed by atoms with van der Waals surface area (Å²) >= 11 is 0. The van der Waals surface area contributed by atoms with Gasteiger partial charge in [0, 0.05) is 0 Å². The number of halogens is 2. The van der Waals surface area contributed by atoms with Gasteiger partial charge in [0.05, 0.1) is 12.9 Å². The highest BCUT2D eigenvalue weighted by Gasteiger charge is 2.67. The molecule has 0 radical (unpaired) electrons. The van der Waals surface area contributed by atoms with Gasteiger partial charge in [-0.2, -0.15) is 10.1 Å². The van der Waals surface area contributed by atoms with Crippen molar-refractivity contribution >= 4 is 31.9 Å². The molecule has 3 aliphatic heterocycles. The molecule has 1 aromatic carbocycles. The third kappa shape index (κ3) is 7.14. The first-order chi connectivity index (χ1) is 21.3. The van der Waals surface area contributed by atoms with E-state index in [4.69, 9.17) is 29.0 Å². The maximum absolute atomic E-state index is 16.4. The molecule has 0 amide bonds. The monoisotopic (exact) mass is 656 g/mol. The molecule has 0 spiro atoms. The van der Waals surface area contributed by atoms with Crippen LogP contribution in [0.5, 0.6) is 5.75 Å². The summed E-state index contributed by atoms with van der Waals surface area (Å²) in [5.41, 5.74) is 3.08. The zero-order valence-electron chi connectivity index (χ0n) is 25.3. The minimum absolute atomic E-state index is 0.0778. The summed E-state index contributed by atoms with van der Waals surface area (Å²) < 4.78 is 74.0. The summed E-state index contributed by atoms with van der Waals surface area (Å²) in [6.07, 6.45) is 0.0868. The number of para-hydroxylation sites is 1. The van der Waals surface area contributed by atoms with Crippen molar-refractivity contribution in [3.05, 3.63) is 30.3 Å². The van der Waals surface area contributed by atoms with Crippen molar-refractivity contribution in [3.63, 3.8) is 0 Å². The molecule has 17 heteroatoms. The van der Waals surface area contributed by atoms with E-state index in [1.807, 2.05) is 0 Å². The Labute approximate surface area is 259 Å². The first kappa shape index (κ1) is 33.2. The summed E-state index contributed by atoms with van der Waals surface area (Å²) in [5.74, 6) is -3.87. The smallest absolute Gasteiger partial charge is 0.459 e. The van der Waals surface area contributed by atoms with Crippen LogP contribution in [-0.4, -0.2) is 95.6 Å². The molecule has 1 saturated heterocycles. The first-order valence-electron chi connectivity index (χ1n) is 14.9. The molecular formula is C28H39F2N6O8P. The van der Waals surface area contributed by atoms with Gasteiger partial charge < -0.3 is 34.5 Å². The molecule has 5 rings (SSSR count). The molecule has 248 valence electrons. The number of alkyl halides is 2. The van der Waals surface area contributed by atoms with E-state index in [1.165, 1.54) is 25.4 Å². The number of hydrogen-bond acceptors (Lipinski definition) is 13. The van der Waals surface area contributed by atoms with E-state index in [-0.39, 0.29) is 30.3 Å². The van der Waals surface area contributed by atoms with Crippen LogP contribution >= 0.6 is 7.75 Å². The number of aliphatic hydroxyl groups excluding tert-OH is 1. The molecule has 1 saturated carbocycles. The van der Waals surface area contributed by atoms with E-state index in [1.54, 1.807) is 25.1 Å². The molecule has 45 heavy (non-hydrogen) atoms. The molecule has 0 bridgehead atoms. The Morgan fingerprint density at radius 2 is 1.98 bits per heavy atom. The minimum atomic E-state index is -4.58. The fraction of sp³-hybridized carbons (Fsp3) is 0.643. The van der Waals surface area contributed by atoms with Crippen LogP contribution in [0.2, 0.25) is 0 Å². The highest BCUT2D eigenvalue weighted by molar-refractivity contribution is 7.52. The van der Waals surface area contributed by atoms with Gasteiger partial charge in [-0.05, 0) is 58.6 Å². The highest BCUT2D eigenvalue weighted by Crippen LogP contribution is 2.50. The molecule has 0 aromatic heterocycles. The maximum atomic E-state index is 16.4. The minimum Gasteiger partial charge on any atom is -0.479 e. The first-order valence-corrected chi connectivity index (χ1v) is 16.5. The van der Waals surface area contributed by atoms with Crippen LogP contribution in [0.25, 0.3) is 0 Å². The average Bonchev–Trinajstić information content (AvgIpc) is 3.50. The molecule has 1 aliphatic carbocycles. The van der Waals surface area contributed by atoms with Gasteiger partial charge in [0.2, 0.25) is 11.9 Å². The number of fused-ring (bicyclic) bond motifs is 1. The van der Waals surface area contributed by atoms with Gasteiger partial charge in [0.1, 0.15) is 24.5 Å². The van der Waals surface area contributed by atoms with E-state index in [0.717, 1.165) is 43.9 Å². The Bertz CT molecular complexity index is 1360. The van der Waals surface area contributed by atoms with Crippen LogP contribution < -0.4 is 15.3 Å². The lowest BCUT2D eigenvalue weighted by atomic mass is 9.96. The Balaban J connectivity index is 1.31. The number of ether oxygens (including phenoxy) is 3. The molecule has 2 fully saturated rings. The number of rotatable bonds is 11. The van der Waals surface area contributed by atoms with Crippen molar-refractivity contribution < 1.29 is 46.5 Å². The Morgan fingerprint density at radius 1 is 1.27 bits per heavy atom. The van der Waals surface area contributed by atoms with Gasteiger partial charge in [0.15, 0.2) is 30.2 Å². The second-order valence-corrected chi connectivity index (χ2v) is 13.2. The Hall–Kier alpha value is -3.17. The van der Waals surface area contributed by atoms with E-state index in [0.29, 0.717) is 0 Å². The van der Waals surface area contributed by atoms with E-state index < -0.39 is 62.4 Å². The number of nitrogens with one attached hydrogen (secondary N) is 1. The van der Waals surface area contributed by atoms with Gasteiger partial charge in [-0.1, -0.05) is 24.6 Å². The number of guanidine groups is 1. The van der Waals surface area contributed by atoms with E-state index in [9.17, 15) is 14.5 Å². The van der Waals surface area contributed by atoms with Crippen molar-refractivity contribution in [2.24, 2.45) is 20.7 Å². The standard InChI is InChI=1S/C28H39F2N6O8P/c1-4-40-22-20-21(33-26(31)34-22)36(16-32-20)25-27(3,29)24(38)28(30,43-25)15-41-45(39,44-19-13-9-6-10-14-19)35-17(2)23(37)42-18-11-7-5-8-12-18/h6,9-10,13-14,16-18,20-21,24-25,38H,4-5,7-8,11-12,15H2,1-3H3,(H2,31,33)(H,35,39)/t17?,20?,21?,24-,25+,27+,28+,45?/m0/s1. The number of nitrogens with two attached hydrogens (primary N) is 1. The van der Waals surface area contributed by atoms with Crippen LogP contribution in [0, 0.1) is 0 Å². The summed E-state index contributed by atoms with van der Waals surface area (Å²) in [6.45, 7) is 3.08. The molecular weight excluding hydrogens is 617 g/mol. The van der Waals surface area contributed by atoms with Gasteiger partial charge in [-0.15, -0.1) is 0 Å². The fourth-order valence-corrected chi connectivity index (χ4v) is 7.11. The number of aliphatic hydroxyl groups is 1. The molecule has 1 aromatic rings. The summed E-state index contributed by atoms with van der Waals surface area (Å²) in [5, 5.41) is 13.4. The zero-order valence-corrected chi connectivity index (χ0v) is 26.1. The second kappa shape index (κ2) is 13.3. The van der Waals surface area contributed by atoms with Crippen molar-refractivity contribution in [1.82, 2.24) is 9.99 Å². The number of benzene rings is 1. The van der Waals surface area contributed by atoms with Crippen molar-refractivity contribution in [1.29, 1.82) is 0 Å². The third-order valence-electron chi connectivity index (χ3n) is 7.93. The average molecular weight is 657 g/mol. The molecule has 4 aliphatic rings. The van der Waals surface area contributed by atoms with E-state index in [2.05, 4.69) is 20.1 Å². The SMILES string of the molecule is CCOC1=NC(N)=NC2C1N=CN2[C@@H]1O[C@](F)(COP(=O)(NC(C)C(=O)OC2CCCCC2)Oc2ccccc2)[C@@H](O)[C@@]1(C)F. The molecule has 4 unspecified atom stereocenters. The van der Waals surface area contributed by atoms with Crippen molar-refractivity contribution in [2.45, 2.75) is 101 Å². The van der Waals surface area contributed by atoms with Crippen LogP contribution in [0.1, 0.15) is 52.9 Å². The summed E-state index contributed by atoms with van der Waals surface area (Å²) in [4.78, 5) is 26.5. The maximum Gasteiger partial charge on any atom is 0.459 e. The van der Waals surface area contributed by atoms with Crippen LogP contribution in [0.4, 0.5) is 8.78 Å². The van der Waals surface area contributed by atoms with Crippen LogP contribution in [-0.2, 0) is 28.1 Å². The molecule has 8 atom stereocenters. The molecule has 14 nitrogen and oxygen atoms in total. The lowest BCUT2D eigenvalue weighted by Crippen LogP contribution is -2.55. The Kier molecular flexibility index (Phi) is 9.80. The number of hydrogen-bond donors (Lipinski definition) is 3. The number of aliphatic imine (C=N–C) groups is 3. The quantitative estimate of drug-likeness (QED) is 0.236. The fourth-order valence-electron chi connectivity index (χ4n) is 5.60. The number of esters is 1. The van der Waals surface area contributed by atoms with E-state index >= 15 is 8.78 Å². The molecule has 4 N–H and O–H groups in total. The third-order valence-corrected chi connectivity index (χ3v) is 9.55. The lowest BCUT2D eigenvalue weighted by molar-refractivity contribution is -0.208. The Morgan fingerprint density at radius 3 is 2.67 bits per heavy atom. The topological polar surface area (TPSA) is 179 Å². The van der Waals surface area contributed by atoms with Crippen molar-refractivity contribution in [2.75, 3.05) is 13.2 Å². The summed E-state index contributed by atoms with van der Waals surface area (Å²) in [7, 11) is -4.58.